The van der Waals surface area contributed by atoms with Crippen LogP contribution in [0.25, 0.3) is 0 Å². The summed E-state index contributed by atoms with van der Waals surface area (Å²) >= 11 is 0. The molecule has 0 radical (unpaired) electrons. The molecular formula is C16H20N4O5. The van der Waals surface area contributed by atoms with Crippen molar-refractivity contribution >= 4 is 23.5 Å². The lowest BCUT2D eigenvalue weighted by Gasteiger charge is -2.07. The second-order valence-corrected chi connectivity index (χ2v) is 5.36. The molecule has 2 rings (SSSR count). The maximum absolute atomic E-state index is 11.9. The van der Waals surface area contributed by atoms with Crippen molar-refractivity contribution in [3.8, 4) is 0 Å². The first-order chi connectivity index (χ1) is 11.9. The Hall–Kier alpha value is -3.10. The number of furan rings is 1. The van der Waals surface area contributed by atoms with Crippen LogP contribution in [-0.2, 0) is 21.4 Å². The average molecular weight is 348 g/mol. The zero-order valence-electron chi connectivity index (χ0n) is 14.3. The van der Waals surface area contributed by atoms with Crippen LogP contribution >= 0.6 is 0 Å². The van der Waals surface area contributed by atoms with Crippen molar-refractivity contribution in [2.24, 2.45) is 7.05 Å². The van der Waals surface area contributed by atoms with E-state index >= 15 is 0 Å². The lowest BCUT2D eigenvalue weighted by atomic mass is 10.3. The van der Waals surface area contributed by atoms with Crippen LogP contribution in [0.5, 0.6) is 0 Å². The molecule has 2 aromatic rings. The van der Waals surface area contributed by atoms with E-state index in [4.69, 9.17) is 9.15 Å². The normalized spacial score (nSPS) is 10.4. The zero-order chi connectivity index (χ0) is 18.4. The minimum absolute atomic E-state index is 0.0509. The Bertz CT molecular complexity index is 764. The third kappa shape index (κ3) is 4.93. The molecule has 0 aromatic carbocycles. The van der Waals surface area contributed by atoms with E-state index in [1.807, 2.05) is 6.92 Å². The van der Waals surface area contributed by atoms with Gasteiger partial charge >= 0.3 is 5.97 Å². The summed E-state index contributed by atoms with van der Waals surface area (Å²) in [5.74, 6) is -1.30. The van der Waals surface area contributed by atoms with Gasteiger partial charge in [0.1, 0.15) is 0 Å². The molecule has 2 aromatic heterocycles. The van der Waals surface area contributed by atoms with Gasteiger partial charge in [-0.15, -0.1) is 0 Å². The fourth-order valence-electron chi connectivity index (χ4n) is 2.12. The fraction of sp³-hybridized carbons (Fsp3) is 0.375. The minimum Gasteiger partial charge on any atom is -0.459 e. The summed E-state index contributed by atoms with van der Waals surface area (Å²) in [7, 11) is 1.77. The number of ether oxygens (including phenoxy) is 1. The maximum atomic E-state index is 11.9. The predicted octanol–water partition coefficient (Wildman–Crippen LogP) is 0.932. The Labute approximate surface area is 144 Å². The first-order valence-electron chi connectivity index (χ1n) is 7.66. The predicted molar refractivity (Wildman–Crippen MR) is 87.9 cm³/mol. The maximum Gasteiger partial charge on any atom is 0.308 e. The number of amides is 2. The summed E-state index contributed by atoms with van der Waals surface area (Å²) in [6, 6.07) is 3.11. The Morgan fingerprint density at radius 2 is 2.08 bits per heavy atom. The first kappa shape index (κ1) is 18.2. The molecule has 0 atom stereocenters. The van der Waals surface area contributed by atoms with Crippen LogP contribution in [0.4, 0.5) is 5.69 Å². The third-order valence-electron chi connectivity index (χ3n) is 3.50. The van der Waals surface area contributed by atoms with Gasteiger partial charge in [0.25, 0.3) is 11.8 Å². The van der Waals surface area contributed by atoms with E-state index in [1.165, 1.54) is 12.3 Å². The molecule has 0 saturated heterocycles. The number of rotatable bonds is 7. The van der Waals surface area contributed by atoms with Crippen LogP contribution in [0.2, 0.25) is 0 Å². The van der Waals surface area contributed by atoms with Crippen LogP contribution in [0.15, 0.2) is 22.8 Å². The molecule has 0 aliphatic carbocycles. The lowest BCUT2D eigenvalue weighted by Crippen LogP contribution is -2.27. The second kappa shape index (κ2) is 8.13. The second-order valence-electron chi connectivity index (χ2n) is 5.36. The van der Waals surface area contributed by atoms with Gasteiger partial charge in [0.2, 0.25) is 0 Å². The SMILES string of the molecule is Cc1nn(C)c(C)c1NC(=O)COC(=O)CCNC(=O)c1ccco1. The van der Waals surface area contributed by atoms with E-state index in [0.29, 0.717) is 11.4 Å². The van der Waals surface area contributed by atoms with Crippen LogP contribution in [0, 0.1) is 13.8 Å². The average Bonchev–Trinajstić information content (AvgIpc) is 3.18. The Morgan fingerprint density at radius 1 is 1.32 bits per heavy atom. The van der Waals surface area contributed by atoms with Crippen LogP contribution in [0.3, 0.4) is 0 Å². The van der Waals surface area contributed by atoms with Crippen molar-refractivity contribution in [1.29, 1.82) is 0 Å². The van der Waals surface area contributed by atoms with Crippen LogP contribution < -0.4 is 10.6 Å². The number of nitrogens with one attached hydrogen (secondary N) is 2. The standard InChI is InChI=1S/C16H20N4O5/c1-10-15(11(2)20(3)19-10)18-13(21)9-25-14(22)6-7-17-16(23)12-5-4-8-24-12/h4-5,8H,6-7,9H2,1-3H3,(H,17,23)(H,18,21). The number of anilines is 1. The van der Waals surface area contributed by atoms with Crippen molar-refractivity contribution in [1.82, 2.24) is 15.1 Å². The monoisotopic (exact) mass is 348 g/mol. The number of hydrogen-bond donors (Lipinski definition) is 2. The minimum atomic E-state index is -0.588. The number of aromatic nitrogens is 2. The molecule has 0 aliphatic heterocycles. The molecule has 2 N–H and O–H groups in total. The van der Waals surface area contributed by atoms with Crippen LogP contribution in [-0.4, -0.2) is 40.7 Å². The summed E-state index contributed by atoms with van der Waals surface area (Å²) in [6.45, 7) is 3.28. The lowest BCUT2D eigenvalue weighted by molar-refractivity contribution is -0.147. The molecule has 2 amide bonds. The van der Waals surface area contributed by atoms with Crippen molar-refractivity contribution < 1.29 is 23.5 Å². The Balaban J connectivity index is 1.69. The molecule has 0 saturated carbocycles. The highest BCUT2D eigenvalue weighted by atomic mass is 16.5. The molecule has 0 aliphatic rings. The third-order valence-corrected chi connectivity index (χ3v) is 3.50. The van der Waals surface area contributed by atoms with Crippen molar-refractivity contribution in [2.75, 3.05) is 18.5 Å². The van der Waals surface area contributed by atoms with Gasteiger partial charge in [-0.2, -0.15) is 5.10 Å². The highest BCUT2D eigenvalue weighted by molar-refractivity contribution is 5.94. The van der Waals surface area contributed by atoms with Gasteiger partial charge in [-0.25, -0.2) is 0 Å². The number of aryl methyl sites for hydroxylation is 2. The molecule has 0 unspecified atom stereocenters. The molecule has 9 nitrogen and oxygen atoms in total. The molecule has 0 spiro atoms. The van der Waals surface area contributed by atoms with Gasteiger partial charge in [0.15, 0.2) is 12.4 Å². The summed E-state index contributed by atoms with van der Waals surface area (Å²) in [5.41, 5.74) is 2.09. The molecule has 2 heterocycles. The summed E-state index contributed by atoms with van der Waals surface area (Å²) < 4.78 is 11.5. The van der Waals surface area contributed by atoms with Gasteiger partial charge < -0.3 is 19.8 Å². The highest BCUT2D eigenvalue weighted by Gasteiger charge is 2.14. The molecule has 134 valence electrons. The largest absolute Gasteiger partial charge is 0.459 e. The topological polar surface area (TPSA) is 115 Å². The van der Waals surface area contributed by atoms with Crippen molar-refractivity contribution in [3.63, 3.8) is 0 Å². The van der Waals surface area contributed by atoms with Gasteiger partial charge in [0, 0.05) is 13.6 Å². The number of carbonyl (C=O) groups is 3. The van der Waals surface area contributed by atoms with E-state index in [2.05, 4.69) is 15.7 Å². The van der Waals surface area contributed by atoms with Crippen molar-refractivity contribution in [3.05, 3.63) is 35.5 Å². The van der Waals surface area contributed by atoms with Gasteiger partial charge in [-0.05, 0) is 26.0 Å². The van der Waals surface area contributed by atoms with Gasteiger partial charge in [0.05, 0.1) is 29.8 Å². The van der Waals surface area contributed by atoms with E-state index < -0.39 is 24.4 Å². The van der Waals surface area contributed by atoms with E-state index in [0.717, 1.165) is 5.69 Å². The number of carbonyl (C=O) groups excluding carboxylic acids is 3. The number of esters is 1. The van der Waals surface area contributed by atoms with Crippen molar-refractivity contribution in [2.45, 2.75) is 20.3 Å². The quantitative estimate of drug-likeness (QED) is 0.719. The molecule has 0 bridgehead atoms. The number of nitrogens with zero attached hydrogens (tertiary/aromatic N) is 2. The summed E-state index contributed by atoms with van der Waals surface area (Å²) in [5, 5.41) is 9.37. The fourth-order valence-corrected chi connectivity index (χ4v) is 2.12. The molecular weight excluding hydrogens is 328 g/mol. The van der Waals surface area contributed by atoms with Gasteiger partial charge in [-0.1, -0.05) is 0 Å². The molecule has 0 fully saturated rings. The Kier molecular flexibility index (Phi) is 5.93. The van der Waals surface area contributed by atoms with Gasteiger partial charge in [-0.3, -0.25) is 19.1 Å². The van der Waals surface area contributed by atoms with E-state index in [9.17, 15) is 14.4 Å². The Morgan fingerprint density at radius 3 is 2.68 bits per heavy atom. The zero-order valence-corrected chi connectivity index (χ0v) is 14.3. The first-order valence-corrected chi connectivity index (χ1v) is 7.66. The molecule has 9 heteroatoms. The summed E-state index contributed by atoms with van der Waals surface area (Å²) in [6.07, 6.45) is 1.33. The van der Waals surface area contributed by atoms with E-state index in [-0.39, 0.29) is 18.7 Å². The van der Waals surface area contributed by atoms with Crippen LogP contribution in [0.1, 0.15) is 28.4 Å². The van der Waals surface area contributed by atoms with E-state index in [1.54, 1.807) is 24.7 Å². The number of hydrogen-bond acceptors (Lipinski definition) is 6. The molecule has 25 heavy (non-hydrogen) atoms. The smallest absolute Gasteiger partial charge is 0.308 e. The summed E-state index contributed by atoms with van der Waals surface area (Å²) in [4.78, 5) is 35.1. The highest BCUT2D eigenvalue weighted by Crippen LogP contribution is 2.17.